The SMILES string of the molecule is CN=C(NCc1ccc(-n2cncn2)cc1)NCC(C)C. The Morgan fingerprint density at radius 3 is 2.57 bits per heavy atom. The topological polar surface area (TPSA) is 67.1 Å². The van der Waals surface area contributed by atoms with Crippen molar-refractivity contribution in [2.45, 2.75) is 20.4 Å². The Hall–Kier alpha value is -2.37. The fourth-order valence-corrected chi connectivity index (χ4v) is 1.82. The van der Waals surface area contributed by atoms with E-state index in [1.165, 1.54) is 11.9 Å². The molecule has 0 atom stereocenters. The third kappa shape index (κ3) is 4.59. The van der Waals surface area contributed by atoms with E-state index in [9.17, 15) is 0 Å². The number of hydrogen-bond acceptors (Lipinski definition) is 3. The Kier molecular flexibility index (Phi) is 5.31. The molecular formula is C15H22N6. The summed E-state index contributed by atoms with van der Waals surface area (Å²) in [6.45, 7) is 5.98. The Morgan fingerprint density at radius 2 is 2.00 bits per heavy atom. The molecule has 0 radical (unpaired) electrons. The predicted molar refractivity (Wildman–Crippen MR) is 84.4 cm³/mol. The monoisotopic (exact) mass is 286 g/mol. The summed E-state index contributed by atoms with van der Waals surface area (Å²) < 4.78 is 1.74. The van der Waals surface area contributed by atoms with Crippen LogP contribution in [0.2, 0.25) is 0 Å². The van der Waals surface area contributed by atoms with E-state index in [4.69, 9.17) is 0 Å². The van der Waals surface area contributed by atoms with Gasteiger partial charge in [0, 0.05) is 20.1 Å². The summed E-state index contributed by atoms with van der Waals surface area (Å²) in [4.78, 5) is 8.15. The van der Waals surface area contributed by atoms with Crippen molar-refractivity contribution >= 4 is 5.96 Å². The Morgan fingerprint density at radius 1 is 1.24 bits per heavy atom. The number of rotatable bonds is 5. The molecule has 6 nitrogen and oxygen atoms in total. The lowest BCUT2D eigenvalue weighted by molar-refractivity contribution is 0.614. The van der Waals surface area contributed by atoms with E-state index < -0.39 is 0 Å². The summed E-state index contributed by atoms with van der Waals surface area (Å²) in [7, 11) is 1.78. The lowest BCUT2D eigenvalue weighted by Gasteiger charge is -2.13. The van der Waals surface area contributed by atoms with Crippen LogP contribution in [-0.4, -0.2) is 34.3 Å². The predicted octanol–water partition coefficient (Wildman–Crippen LogP) is 1.59. The minimum Gasteiger partial charge on any atom is -0.356 e. The van der Waals surface area contributed by atoms with Crippen LogP contribution in [-0.2, 0) is 6.54 Å². The number of aliphatic imine (C=N–C) groups is 1. The van der Waals surface area contributed by atoms with E-state index in [1.807, 2.05) is 12.1 Å². The molecule has 0 saturated carbocycles. The van der Waals surface area contributed by atoms with Crippen LogP contribution < -0.4 is 10.6 Å². The Labute approximate surface area is 125 Å². The highest BCUT2D eigenvalue weighted by Crippen LogP contribution is 2.07. The zero-order valence-electron chi connectivity index (χ0n) is 12.7. The maximum Gasteiger partial charge on any atom is 0.191 e. The van der Waals surface area contributed by atoms with Gasteiger partial charge in [-0.25, -0.2) is 9.67 Å². The first-order valence-corrected chi connectivity index (χ1v) is 7.07. The highest BCUT2D eigenvalue weighted by atomic mass is 15.3. The Bertz CT molecular complexity index is 556. The number of nitrogens with one attached hydrogen (secondary N) is 2. The molecule has 2 rings (SSSR count). The molecule has 2 aromatic rings. The molecule has 0 spiro atoms. The molecule has 0 aliphatic carbocycles. The molecular weight excluding hydrogens is 264 g/mol. The maximum atomic E-state index is 4.21. The van der Waals surface area contributed by atoms with Crippen LogP contribution in [0.3, 0.4) is 0 Å². The van der Waals surface area contributed by atoms with Crippen LogP contribution in [0.4, 0.5) is 0 Å². The summed E-state index contributed by atoms with van der Waals surface area (Å²) >= 11 is 0. The van der Waals surface area contributed by atoms with E-state index >= 15 is 0 Å². The Balaban J connectivity index is 1.88. The first-order chi connectivity index (χ1) is 10.2. The highest BCUT2D eigenvalue weighted by molar-refractivity contribution is 5.79. The van der Waals surface area contributed by atoms with Crippen LogP contribution in [0.15, 0.2) is 41.9 Å². The molecule has 0 unspecified atom stereocenters. The molecule has 0 bridgehead atoms. The largest absolute Gasteiger partial charge is 0.356 e. The van der Waals surface area contributed by atoms with E-state index in [-0.39, 0.29) is 0 Å². The minimum atomic E-state index is 0.588. The lowest BCUT2D eigenvalue weighted by Crippen LogP contribution is -2.38. The van der Waals surface area contributed by atoms with Crippen LogP contribution in [0, 0.1) is 5.92 Å². The molecule has 0 aliphatic rings. The first kappa shape index (κ1) is 15.0. The van der Waals surface area contributed by atoms with Crippen LogP contribution >= 0.6 is 0 Å². The van der Waals surface area contributed by atoms with Gasteiger partial charge in [-0.15, -0.1) is 0 Å². The average Bonchev–Trinajstić information content (AvgIpc) is 3.02. The normalized spacial score (nSPS) is 11.7. The van der Waals surface area contributed by atoms with Gasteiger partial charge >= 0.3 is 0 Å². The molecule has 1 heterocycles. The lowest BCUT2D eigenvalue weighted by atomic mass is 10.2. The van der Waals surface area contributed by atoms with Gasteiger partial charge in [0.1, 0.15) is 12.7 Å². The number of nitrogens with zero attached hydrogens (tertiary/aromatic N) is 4. The molecule has 1 aromatic carbocycles. The van der Waals surface area contributed by atoms with Gasteiger partial charge in [-0.05, 0) is 23.6 Å². The number of benzene rings is 1. The summed E-state index contributed by atoms with van der Waals surface area (Å²) in [6, 6.07) is 8.19. The standard InChI is InChI=1S/C15H22N6/c1-12(2)8-18-15(16-3)19-9-13-4-6-14(7-5-13)21-11-17-10-20-21/h4-7,10-12H,8-9H2,1-3H3,(H2,16,18,19). The van der Waals surface area contributed by atoms with Crippen molar-refractivity contribution in [2.24, 2.45) is 10.9 Å². The van der Waals surface area contributed by atoms with E-state index in [1.54, 1.807) is 18.1 Å². The average molecular weight is 286 g/mol. The molecule has 112 valence electrons. The van der Waals surface area contributed by atoms with E-state index in [0.717, 1.165) is 24.7 Å². The van der Waals surface area contributed by atoms with Crippen molar-refractivity contribution in [3.8, 4) is 5.69 Å². The summed E-state index contributed by atoms with van der Waals surface area (Å²) in [5.74, 6) is 1.41. The number of aromatic nitrogens is 3. The van der Waals surface area contributed by atoms with Crippen molar-refractivity contribution in [3.05, 3.63) is 42.5 Å². The third-order valence-electron chi connectivity index (χ3n) is 2.98. The van der Waals surface area contributed by atoms with Gasteiger partial charge in [-0.2, -0.15) is 5.10 Å². The van der Waals surface area contributed by atoms with E-state index in [2.05, 4.69) is 51.7 Å². The molecule has 0 amide bonds. The fourth-order valence-electron chi connectivity index (χ4n) is 1.82. The maximum absolute atomic E-state index is 4.21. The molecule has 6 heteroatoms. The third-order valence-corrected chi connectivity index (χ3v) is 2.98. The summed E-state index contributed by atoms with van der Waals surface area (Å²) in [5, 5.41) is 10.7. The van der Waals surface area contributed by atoms with Crippen molar-refractivity contribution < 1.29 is 0 Å². The molecule has 0 saturated heterocycles. The van der Waals surface area contributed by atoms with Crippen molar-refractivity contribution in [2.75, 3.05) is 13.6 Å². The van der Waals surface area contributed by atoms with Gasteiger partial charge in [0.25, 0.3) is 0 Å². The van der Waals surface area contributed by atoms with Gasteiger partial charge in [0.2, 0.25) is 0 Å². The first-order valence-electron chi connectivity index (χ1n) is 7.07. The van der Waals surface area contributed by atoms with Gasteiger partial charge < -0.3 is 10.6 Å². The zero-order chi connectivity index (χ0) is 15.1. The van der Waals surface area contributed by atoms with Crippen LogP contribution in [0.1, 0.15) is 19.4 Å². The minimum absolute atomic E-state index is 0.588. The van der Waals surface area contributed by atoms with Gasteiger partial charge in [0.05, 0.1) is 5.69 Å². The molecule has 0 aliphatic heterocycles. The van der Waals surface area contributed by atoms with Gasteiger partial charge in [-0.3, -0.25) is 4.99 Å². The van der Waals surface area contributed by atoms with Crippen LogP contribution in [0.5, 0.6) is 0 Å². The second kappa shape index (κ2) is 7.42. The van der Waals surface area contributed by atoms with Gasteiger partial charge in [0.15, 0.2) is 5.96 Å². The second-order valence-electron chi connectivity index (χ2n) is 5.21. The molecule has 21 heavy (non-hydrogen) atoms. The number of hydrogen-bond donors (Lipinski definition) is 2. The van der Waals surface area contributed by atoms with Crippen molar-refractivity contribution in [3.63, 3.8) is 0 Å². The van der Waals surface area contributed by atoms with E-state index in [0.29, 0.717) is 5.92 Å². The van der Waals surface area contributed by atoms with Gasteiger partial charge in [-0.1, -0.05) is 26.0 Å². The van der Waals surface area contributed by atoms with Crippen molar-refractivity contribution in [1.29, 1.82) is 0 Å². The molecule has 0 fully saturated rings. The fraction of sp³-hybridized carbons (Fsp3) is 0.400. The smallest absolute Gasteiger partial charge is 0.191 e. The quantitative estimate of drug-likeness (QED) is 0.647. The molecule has 2 N–H and O–H groups in total. The highest BCUT2D eigenvalue weighted by Gasteiger charge is 2.01. The molecule has 1 aromatic heterocycles. The number of guanidine groups is 1. The summed E-state index contributed by atoms with van der Waals surface area (Å²) in [5.41, 5.74) is 2.19. The second-order valence-corrected chi connectivity index (χ2v) is 5.21. The van der Waals surface area contributed by atoms with Crippen molar-refractivity contribution in [1.82, 2.24) is 25.4 Å². The zero-order valence-corrected chi connectivity index (χ0v) is 12.7. The summed E-state index contributed by atoms with van der Waals surface area (Å²) in [6.07, 6.45) is 3.21. The van der Waals surface area contributed by atoms with Crippen LogP contribution in [0.25, 0.3) is 5.69 Å².